The van der Waals surface area contributed by atoms with Gasteiger partial charge in [0.25, 0.3) is 11.8 Å². The van der Waals surface area contributed by atoms with Crippen molar-refractivity contribution in [2.45, 2.75) is 20.4 Å². The second-order valence-electron chi connectivity index (χ2n) is 7.95. The summed E-state index contributed by atoms with van der Waals surface area (Å²) in [6.45, 7) is 5.66. The van der Waals surface area contributed by atoms with Crippen LogP contribution in [0.25, 0.3) is 0 Å². The predicted molar refractivity (Wildman–Crippen MR) is 119 cm³/mol. The second-order valence-corrected chi connectivity index (χ2v) is 7.95. The van der Waals surface area contributed by atoms with Crippen LogP contribution in [0.1, 0.15) is 32.2 Å². The van der Waals surface area contributed by atoms with Gasteiger partial charge in [0.05, 0.1) is 6.26 Å². The van der Waals surface area contributed by atoms with Crippen molar-refractivity contribution in [3.05, 3.63) is 77.5 Å². The van der Waals surface area contributed by atoms with E-state index in [9.17, 15) is 14.4 Å². The van der Waals surface area contributed by atoms with Crippen molar-refractivity contribution in [1.29, 1.82) is 0 Å². The van der Waals surface area contributed by atoms with Gasteiger partial charge in [0.2, 0.25) is 5.91 Å². The van der Waals surface area contributed by atoms with E-state index in [0.717, 1.165) is 16.8 Å². The largest absolute Gasteiger partial charge is 0.459 e. The molecule has 8 heteroatoms. The molecule has 1 aliphatic rings. The number of rotatable bonds is 5. The number of carbonyl (C=O) groups excluding carboxylic acids is 3. The van der Waals surface area contributed by atoms with Crippen LogP contribution in [0.15, 0.2) is 59.3 Å². The van der Waals surface area contributed by atoms with Gasteiger partial charge in [-0.05, 0) is 55.3 Å². The lowest BCUT2D eigenvalue weighted by atomic mass is 10.1. The average molecular weight is 434 g/mol. The maximum Gasteiger partial charge on any atom is 0.289 e. The van der Waals surface area contributed by atoms with Gasteiger partial charge < -0.3 is 24.1 Å². The highest BCUT2D eigenvalue weighted by Gasteiger charge is 2.27. The molecule has 0 spiro atoms. The quantitative estimate of drug-likeness (QED) is 0.669. The number of amides is 3. The summed E-state index contributed by atoms with van der Waals surface area (Å²) >= 11 is 0. The van der Waals surface area contributed by atoms with Crippen LogP contribution in [0.5, 0.6) is 0 Å². The van der Waals surface area contributed by atoms with E-state index >= 15 is 0 Å². The Labute approximate surface area is 186 Å². The number of aryl methyl sites for hydroxylation is 2. The minimum atomic E-state index is -0.196. The Hall–Kier alpha value is -3.81. The van der Waals surface area contributed by atoms with Gasteiger partial charge in [-0.25, -0.2) is 0 Å². The van der Waals surface area contributed by atoms with E-state index in [1.165, 1.54) is 6.26 Å². The number of aromatic nitrogens is 1. The summed E-state index contributed by atoms with van der Waals surface area (Å²) < 4.78 is 6.83. The zero-order chi connectivity index (χ0) is 22.7. The number of furan rings is 1. The molecule has 1 fully saturated rings. The molecule has 0 saturated carbocycles. The number of hydrogen-bond donors (Lipinski definition) is 1. The SMILES string of the molecule is Cc1ccc(C)c(NC(=O)Cn2cccc2C(=O)N2CCN(C(=O)c3ccco3)CC2)c1. The van der Waals surface area contributed by atoms with Crippen LogP contribution in [0.4, 0.5) is 5.69 Å². The van der Waals surface area contributed by atoms with E-state index in [2.05, 4.69) is 5.32 Å². The summed E-state index contributed by atoms with van der Waals surface area (Å²) in [7, 11) is 0. The molecule has 0 bridgehead atoms. The fourth-order valence-electron chi connectivity index (χ4n) is 3.79. The fourth-order valence-corrected chi connectivity index (χ4v) is 3.79. The number of nitrogens with one attached hydrogen (secondary N) is 1. The van der Waals surface area contributed by atoms with Crippen molar-refractivity contribution in [2.75, 3.05) is 31.5 Å². The molecule has 0 radical (unpaired) electrons. The van der Waals surface area contributed by atoms with E-state index in [4.69, 9.17) is 4.42 Å². The highest BCUT2D eigenvalue weighted by atomic mass is 16.3. The van der Waals surface area contributed by atoms with Gasteiger partial charge in [0.15, 0.2) is 5.76 Å². The van der Waals surface area contributed by atoms with Crippen LogP contribution < -0.4 is 5.32 Å². The third-order valence-electron chi connectivity index (χ3n) is 5.62. The van der Waals surface area contributed by atoms with Crippen LogP contribution in [-0.2, 0) is 11.3 Å². The van der Waals surface area contributed by atoms with E-state index in [0.29, 0.717) is 37.6 Å². The number of anilines is 1. The van der Waals surface area contributed by atoms with Gasteiger partial charge in [-0.2, -0.15) is 0 Å². The summed E-state index contributed by atoms with van der Waals surface area (Å²) in [6, 6.07) is 12.7. The molecule has 3 heterocycles. The highest BCUT2D eigenvalue weighted by Crippen LogP contribution is 2.17. The molecule has 32 heavy (non-hydrogen) atoms. The monoisotopic (exact) mass is 434 g/mol. The topological polar surface area (TPSA) is 87.8 Å². The Kier molecular flexibility index (Phi) is 6.11. The molecule has 166 valence electrons. The van der Waals surface area contributed by atoms with E-state index in [1.54, 1.807) is 44.8 Å². The lowest BCUT2D eigenvalue weighted by molar-refractivity contribution is -0.116. The van der Waals surface area contributed by atoms with Gasteiger partial charge in [0, 0.05) is 38.1 Å². The predicted octanol–water partition coefficient (Wildman–Crippen LogP) is 2.93. The van der Waals surface area contributed by atoms with Crippen LogP contribution in [0, 0.1) is 13.8 Å². The van der Waals surface area contributed by atoms with Gasteiger partial charge in [0.1, 0.15) is 12.2 Å². The molecule has 2 aromatic heterocycles. The highest BCUT2D eigenvalue weighted by molar-refractivity contribution is 5.96. The standard InChI is InChI=1S/C24H26N4O4/c1-17-7-8-18(2)19(15-17)25-22(29)16-28-9-3-5-20(28)23(30)26-10-12-27(13-11-26)24(31)21-6-4-14-32-21/h3-9,14-15H,10-13,16H2,1-2H3,(H,25,29). The molecule has 0 atom stereocenters. The van der Waals surface area contributed by atoms with E-state index in [1.807, 2.05) is 32.0 Å². The Balaban J connectivity index is 1.37. The normalized spacial score (nSPS) is 13.8. The lowest BCUT2D eigenvalue weighted by Crippen LogP contribution is -2.50. The van der Waals surface area contributed by atoms with Crippen molar-refractivity contribution in [1.82, 2.24) is 14.4 Å². The molecule has 8 nitrogen and oxygen atoms in total. The van der Waals surface area contributed by atoms with Crippen LogP contribution in [0.3, 0.4) is 0 Å². The number of nitrogens with zero attached hydrogens (tertiary/aromatic N) is 3. The van der Waals surface area contributed by atoms with Crippen LogP contribution in [0.2, 0.25) is 0 Å². The second kappa shape index (κ2) is 9.13. The molecule has 3 amide bonds. The third-order valence-corrected chi connectivity index (χ3v) is 5.62. The maximum absolute atomic E-state index is 13.1. The molecule has 1 saturated heterocycles. The first-order chi connectivity index (χ1) is 15.4. The molecule has 0 aliphatic carbocycles. The van der Waals surface area contributed by atoms with E-state index in [-0.39, 0.29) is 24.3 Å². The Bertz CT molecular complexity index is 1120. The summed E-state index contributed by atoms with van der Waals surface area (Å²) in [4.78, 5) is 41.5. The maximum atomic E-state index is 13.1. The first-order valence-electron chi connectivity index (χ1n) is 10.6. The number of benzene rings is 1. The van der Waals surface area contributed by atoms with E-state index < -0.39 is 0 Å². The Morgan fingerprint density at radius 1 is 0.938 bits per heavy atom. The van der Waals surface area contributed by atoms with Crippen molar-refractivity contribution >= 4 is 23.4 Å². The Morgan fingerprint density at radius 2 is 1.66 bits per heavy atom. The summed E-state index contributed by atoms with van der Waals surface area (Å²) in [5, 5.41) is 2.93. The Morgan fingerprint density at radius 3 is 2.34 bits per heavy atom. The molecule has 1 N–H and O–H groups in total. The minimum Gasteiger partial charge on any atom is -0.459 e. The molecule has 4 rings (SSSR count). The zero-order valence-electron chi connectivity index (χ0n) is 18.2. The molecule has 0 unspecified atom stereocenters. The zero-order valence-corrected chi connectivity index (χ0v) is 18.2. The minimum absolute atomic E-state index is 0.0401. The van der Waals surface area contributed by atoms with Gasteiger partial charge >= 0.3 is 0 Å². The van der Waals surface area contributed by atoms with Crippen LogP contribution >= 0.6 is 0 Å². The summed E-state index contributed by atoms with van der Waals surface area (Å²) in [5.41, 5.74) is 3.27. The first-order valence-corrected chi connectivity index (χ1v) is 10.6. The molecular formula is C24H26N4O4. The van der Waals surface area contributed by atoms with Crippen molar-refractivity contribution in [3.8, 4) is 0 Å². The van der Waals surface area contributed by atoms with Crippen molar-refractivity contribution < 1.29 is 18.8 Å². The van der Waals surface area contributed by atoms with Gasteiger partial charge in [-0.3, -0.25) is 14.4 Å². The smallest absolute Gasteiger partial charge is 0.289 e. The third kappa shape index (κ3) is 4.59. The lowest BCUT2D eigenvalue weighted by Gasteiger charge is -2.34. The number of hydrogen-bond acceptors (Lipinski definition) is 4. The average Bonchev–Trinajstić information content (AvgIpc) is 3.48. The van der Waals surface area contributed by atoms with Gasteiger partial charge in [-0.15, -0.1) is 0 Å². The number of carbonyl (C=O) groups is 3. The first kappa shape index (κ1) is 21.4. The fraction of sp³-hybridized carbons (Fsp3) is 0.292. The van der Waals surface area contributed by atoms with Crippen molar-refractivity contribution in [3.63, 3.8) is 0 Å². The van der Waals surface area contributed by atoms with Gasteiger partial charge in [-0.1, -0.05) is 12.1 Å². The molecular weight excluding hydrogens is 408 g/mol. The molecule has 1 aliphatic heterocycles. The van der Waals surface area contributed by atoms with Crippen LogP contribution in [-0.4, -0.2) is 58.3 Å². The summed E-state index contributed by atoms with van der Waals surface area (Å²) in [6.07, 6.45) is 3.20. The molecule has 1 aromatic carbocycles. The number of piperazine rings is 1. The molecule has 3 aromatic rings. The van der Waals surface area contributed by atoms with Crippen molar-refractivity contribution in [2.24, 2.45) is 0 Å². The summed E-state index contributed by atoms with van der Waals surface area (Å²) in [5.74, 6) is -0.223.